The minimum absolute atomic E-state index is 0.00523. The van der Waals surface area contributed by atoms with Crippen molar-refractivity contribution in [3.63, 3.8) is 0 Å². The quantitative estimate of drug-likeness (QED) is 0.502. The van der Waals surface area contributed by atoms with Gasteiger partial charge in [-0.15, -0.1) is 11.3 Å². The van der Waals surface area contributed by atoms with Crippen LogP contribution in [0.1, 0.15) is 56.1 Å². The number of pyridine rings is 1. The molecule has 3 amide bonds. The van der Waals surface area contributed by atoms with Crippen molar-refractivity contribution in [1.29, 1.82) is 0 Å². The van der Waals surface area contributed by atoms with Crippen LogP contribution in [0.15, 0.2) is 42.7 Å². The maximum atomic E-state index is 14.9. The van der Waals surface area contributed by atoms with Crippen LogP contribution in [0.2, 0.25) is 0 Å². The molecule has 0 bridgehead atoms. The first-order valence-electron chi connectivity index (χ1n) is 11.4. The zero-order valence-electron chi connectivity index (χ0n) is 19.4. The molecule has 4 N–H and O–H groups in total. The van der Waals surface area contributed by atoms with Crippen molar-refractivity contribution < 1.29 is 23.5 Å². The second-order valence-electron chi connectivity index (χ2n) is 9.44. The highest BCUT2D eigenvalue weighted by Crippen LogP contribution is 2.58. The van der Waals surface area contributed by atoms with E-state index in [1.54, 1.807) is 36.3 Å². The second kappa shape index (κ2) is 8.98. The van der Waals surface area contributed by atoms with Crippen molar-refractivity contribution in [2.24, 2.45) is 16.9 Å². The number of amides is 3. The lowest BCUT2D eigenvalue weighted by molar-refractivity contribution is -0.104. The third-order valence-electron chi connectivity index (χ3n) is 7.04. The van der Waals surface area contributed by atoms with Gasteiger partial charge in [-0.25, -0.2) is 14.4 Å². The number of carbonyl (C=O) groups is 3. The summed E-state index contributed by atoms with van der Waals surface area (Å²) in [6.07, 6.45) is 6.03. The highest BCUT2D eigenvalue weighted by molar-refractivity contribution is 7.16. The largest absolute Gasteiger partial charge is 0.474 e. The van der Waals surface area contributed by atoms with E-state index in [1.165, 1.54) is 18.3 Å². The number of nitrogens with two attached hydrogens (primary N) is 2. The van der Waals surface area contributed by atoms with Gasteiger partial charge in [0.1, 0.15) is 27.4 Å². The molecule has 0 unspecified atom stereocenters. The number of rotatable bonds is 7. The number of primary amides is 2. The Morgan fingerprint density at radius 1 is 1.08 bits per heavy atom. The summed E-state index contributed by atoms with van der Waals surface area (Å²) in [4.78, 5) is 45.9. The zero-order chi connectivity index (χ0) is 25.6. The van der Waals surface area contributed by atoms with Crippen molar-refractivity contribution in [2.75, 3.05) is 7.05 Å². The summed E-state index contributed by atoms with van der Waals surface area (Å²) in [6, 6.07) is 7.53. The number of nitrogens with zero attached hydrogens (tertiary/aromatic N) is 3. The molecule has 0 aliphatic heterocycles. The van der Waals surface area contributed by atoms with Crippen LogP contribution in [-0.4, -0.2) is 51.8 Å². The molecule has 2 fully saturated rings. The Kier molecular flexibility index (Phi) is 5.95. The second-order valence-corrected chi connectivity index (χ2v) is 10.5. The van der Waals surface area contributed by atoms with Gasteiger partial charge in [0, 0.05) is 24.8 Å². The van der Waals surface area contributed by atoms with E-state index in [0.717, 1.165) is 37.0 Å². The summed E-state index contributed by atoms with van der Waals surface area (Å²) >= 11 is 1.07. The Balaban J connectivity index is 1.17. The molecule has 186 valence electrons. The normalized spacial score (nSPS) is 22.4. The van der Waals surface area contributed by atoms with Crippen LogP contribution in [0.25, 0.3) is 10.6 Å². The molecule has 2 aliphatic carbocycles. The molecule has 36 heavy (non-hydrogen) atoms. The lowest BCUT2D eigenvalue weighted by Gasteiger charge is -2.58. The first kappa shape index (κ1) is 23.9. The van der Waals surface area contributed by atoms with E-state index in [0.29, 0.717) is 10.6 Å². The van der Waals surface area contributed by atoms with Gasteiger partial charge in [0.05, 0.1) is 11.8 Å². The molecule has 2 saturated carbocycles. The lowest BCUT2D eigenvalue weighted by atomic mass is 9.52. The first-order valence-corrected chi connectivity index (χ1v) is 12.2. The van der Waals surface area contributed by atoms with Gasteiger partial charge < -0.3 is 21.1 Å². The first-order chi connectivity index (χ1) is 17.2. The van der Waals surface area contributed by atoms with Gasteiger partial charge in [0.15, 0.2) is 0 Å². The predicted molar refractivity (Wildman–Crippen MR) is 130 cm³/mol. The summed E-state index contributed by atoms with van der Waals surface area (Å²) in [5.41, 5.74) is 11.4. The van der Waals surface area contributed by atoms with Crippen LogP contribution < -0.4 is 16.2 Å². The molecule has 1 aromatic carbocycles. The van der Waals surface area contributed by atoms with Gasteiger partial charge in [0.25, 0.3) is 17.7 Å². The molecule has 9 nitrogen and oxygen atoms in total. The Labute approximate surface area is 210 Å². The number of hydrogen-bond donors (Lipinski definition) is 2. The minimum Gasteiger partial charge on any atom is -0.474 e. The number of aromatic nitrogens is 2. The van der Waals surface area contributed by atoms with E-state index < -0.39 is 17.6 Å². The summed E-state index contributed by atoms with van der Waals surface area (Å²) in [5, 5.41) is 0.450. The zero-order valence-corrected chi connectivity index (χ0v) is 20.3. The van der Waals surface area contributed by atoms with E-state index in [2.05, 4.69) is 9.97 Å². The fourth-order valence-corrected chi connectivity index (χ4v) is 5.83. The topological polar surface area (TPSA) is 142 Å². The number of halogens is 1. The fraction of sp³-hybridized carbons (Fsp3) is 0.320. The predicted octanol–water partition coefficient (Wildman–Crippen LogP) is 3.00. The van der Waals surface area contributed by atoms with Crippen LogP contribution in [0, 0.1) is 11.2 Å². The van der Waals surface area contributed by atoms with Crippen molar-refractivity contribution in [1.82, 2.24) is 14.9 Å². The molecule has 0 saturated heterocycles. The van der Waals surface area contributed by atoms with Crippen molar-refractivity contribution in [2.45, 2.75) is 37.8 Å². The Morgan fingerprint density at radius 2 is 1.83 bits per heavy atom. The van der Waals surface area contributed by atoms with Gasteiger partial charge in [-0.2, -0.15) is 0 Å². The SMILES string of the molecule is CN(C(=O)c1ccc(-c2ncc(C(N)=O)s2)cc1F)C1CC2(CC(Oc3ncccc3C(N)=O)C2)C1. The Morgan fingerprint density at radius 3 is 2.47 bits per heavy atom. The third-order valence-corrected chi connectivity index (χ3v) is 8.10. The molecule has 3 aromatic rings. The van der Waals surface area contributed by atoms with Crippen LogP contribution in [-0.2, 0) is 0 Å². The van der Waals surface area contributed by atoms with Gasteiger partial charge in [-0.3, -0.25) is 14.4 Å². The van der Waals surface area contributed by atoms with E-state index in [1.807, 2.05) is 0 Å². The lowest BCUT2D eigenvalue weighted by Crippen LogP contribution is -2.59. The van der Waals surface area contributed by atoms with Crippen molar-refractivity contribution in [3.8, 4) is 16.5 Å². The standard InChI is InChI=1S/C25H24FN5O4S/c1-31(24(34)16-5-4-13(7-18(16)26)23-30-12-19(36-23)21(28)33)14-8-25(9-14)10-15(11-25)35-22-17(20(27)32)3-2-6-29-22/h2-7,12,14-15H,8-11H2,1H3,(H2,27,32)(H2,28,33). The average Bonchev–Trinajstić information content (AvgIpc) is 3.30. The van der Waals surface area contributed by atoms with E-state index in [9.17, 15) is 18.8 Å². The molecule has 0 atom stereocenters. The molecule has 2 aliphatic rings. The summed E-state index contributed by atoms with van der Waals surface area (Å²) in [7, 11) is 1.69. The number of thiazole rings is 1. The Hall–Kier alpha value is -3.86. The fourth-order valence-electron chi connectivity index (χ4n) is 5.07. The van der Waals surface area contributed by atoms with Crippen LogP contribution in [0.4, 0.5) is 4.39 Å². The molecular formula is C25H24FN5O4S. The third kappa shape index (κ3) is 4.30. The van der Waals surface area contributed by atoms with Gasteiger partial charge in [-0.05, 0) is 55.4 Å². The molecule has 1 spiro atoms. The molecule has 2 aromatic heterocycles. The number of carbonyl (C=O) groups excluding carboxylic acids is 3. The number of benzene rings is 1. The molecular weight excluding hydrogens is 485 g/mol. The monoisotopic (exact) mass is 509 g/mol. The van der Waals surface area contributed by atoms with Gasteiger partial charge in [-0.1, -0.05) is 6.07 Å². The summed E-state index contributed by atoms with van der Waals surface area (Å²) in [5.74, 6) is -1.97. The van der Waals surface area contributed by atoms with Crippen LogP contribution >= 0.6 is 11.3 Å². The minimum atomic E-state index is -0.646. The molecule has 0 radical (unpaired) electrons. The highest BCUT2D eigenvalue weighted by atomic mass is 32.1. The van der Waals surface area contributed by atoms with Crippen molar-refractivity contribution >= 4 is 29.1 Å². The van der Waals surface area contributed by atoms with E-state index >= 15 is 0 Å². The maximum Gasteiger partial charge on any atom is 0.260 e. The number of ether oxygens (including phenoxy) is 1. The summed E-state index contributed by atoms with van der Waals surface area (Å²) in [6.45, 7) is 0. The molecule has 11 heteroatoms. The van der Waals surface area contributed by atoms with Crippen LogP contribution in [0.5, 0.6) is 5.88 Å². The average molecular weight is 510 g/mol. The van der Waals surface area contributed by atoms with Crippen molar-refractivity contribution in [3.05, 3.63) is 64.5 Å². The molecule has 2 heterocycles. The van der Waals surface area contributed by atoms with E-state index in [4.69, 9.17) is 16.2 Å². The smallest absolute Gasteiger partial charge is 0.260 e. The molecule has 5 rings (SSSR count). The Bertz CT molecular complexity index is 1360. The van der Waals surface area contributed by atoms with Gasteiger partial charge >= 0.3 is 0 Å². The van der Waals surface area contributed by atoms with E-state index in [-0.39, 0.29) is 45.4 Å². The van der Waals surface area contributed by atoms with Gasteiger partial charge in [0.2, 0.25) is 5.88 Å². The maximum absolute atomic E-state index is 14.9. The highest BCUT2D eigenvalue weighted by Gasteiger charge is 2.55. The number of hydrogen-bond acceptors (Lipinski definition) is 7. The van der Waals surface area contributed by atoms with Crippen LogP contribution in [0.3, 0.4) is 0 Å². The summed E-state index contributed by atoms with van der Waals surface area (Å²) < 4.78 is 20.7.